The van der Waals surface area contributed by atoms with Crippen molar-refractivity contribution in [3.8, 4) is 0 Å². The molecule has 0 amide bonds. The fourth-order valence-corrected chi connectivity index (χ4v) is 3.78. The van der Waals surface area contributed by atoms with Crippen molar-refractivity contribution in [2.24, 2.45) is 5.22 Å². The van der Waals surface area contributed by atoms with Crippen LogP contribution in [-0.2, 0) is 23.7 Å². The first kappa shape index (κ1) is 20.9. The topological polar surface area (TPSA) is 140 Å². The van der Waals surface area contributed by atoms with Gasteiger partial charge in [0.25, 0.3) is 5.69 Å². The summed E-state index contributed by atoms with van der Waals surface area (Å²) in [5.41, 5.74) is 2.96. The molecule has 12 heteroatoms. The molecule has 3 heterocycles. The molecule has 12 nitrogen and oxygen atoms in total. The molecule has 3 fully saturated rings. The smallest absolute Gasteiger partial charge is 0.269 e. The maximum absolute atomic E-state index is 12.9. The van der Waals surface area contributed by atoms with Gasteiger partial charge in [0.15, 0.2) is 30.0 Å². The molecule has 1 aromatic rings. The van der Waals surface area contributed by atoms with E-state index >= 15 is 0 Å². The molecule has 0 bridgehead atoms. The standard InChI is InChI=1S/C18H24N4O8/c1-17(2)26-9-12(28-17)14-13(15-16(27-14)30-18(3,4)29-15)21(23)20-19-10-5-7-11(8-6-10)22(24)25/h5-8,12-16,19H,9H2,1-4H3/b21-20-/t12-,13-,14-,15-,16-/m1/s1. The fourth-order valence-electron chi connectivity index (χ4n) is 3.78. The highest BCUT2D eigenvalue weighted by Crippen LogP contribution is 2.41. The Balaban J connectivity index is 1.53. The summed E-state index contributed by atoms with van der Waals surface area (Å²) in [5, 5.41) is 27.6. The van der Waals surface area contributed by atoms with Crippen molar-refractivity contribution in [1.29, 1.82) is 0 Å². The average molecular weight is 424 g/mol. The second-order valence-corrected chi connectivity index (χ2v) is 8.25. The SMILES string of the molecule is CC1(C)O[C@H]2O[C@H]([C@H]3COC(C)(C)O3)[C@@H](/[N+]([O-])=N/Nc3ccc([N+](=O)[O-])cc3)[C@H]2O1. The van der Waals surface area contributed by atoms with Crippen LogP contribution in [0.4, 0.5) is 11.4 Å². The van der Waals surface area contributed by atoms with Crippen LogP contribution in [-0.4, -0.2) is 58.6 Å². The fraction of sp³-hybridized carbons (Fsp3) is 0.667. The lowest BCUT2D eigenvalue weighted by molar-refractivity contribution is -0.582. The number of nitro groups is 1. The summed E-state index contributed by atoms with van der Waals surface area (Å²) in [6.45, 7) is 7.29. The number of ether oxygens (including phenoxy) is 5. The van der Waals surface area contributed by atoms with Crippen LogP contribution >= 0.6 is 0 Å². The van der Waals surface area contributed by atoms with Crippen LogP contribution in [0.25, 0.3) is 0 Å². The number of benzene rings is 1. The number of non-ortho nitro benzene ring substituents is 1. The number of anilines is 1. The second kappa shape index (κ2) is 7.39. The van der Waals surface area contributed by atoms with Crippen molar-refractivity contribution in [2.75, 3.05) is 12.0 Å². The Labute approximate surface area is 172 Å². The van der Waals surface area contributed by atoms with E-state index in [2.05, 4.69) is 10.6 Å². The monoisotopic (exact) mass is 424 g/mol. The van der Waals surface area contributed by atoms with E-state index in [0.29, 0.717) is 10.5 Å². The number of nitro benzene ring substituents is 1. The van der Waals surface area contributed by atoms with E-state index in [9.17, 15) is 15.3 Å². The van der Waals surface area contributed by atoms with Crippen molar-refractivity contribution < 1.29 is 33.5 Å². The molecule has 1 aromatic carbocycles. The number of nitrogens with one attached hydrogen (secondary N) is 1. The molecule has 30 heavy (non-hydrogen) atoms. The van der Waals surface area contributed by atoms with Crippen LogP contribution in [0.5, 0.6) is 0 Å². The van der Waals surface area contributed by atoms with E-state index in [-0.39, 0.29) is 12.3 Å². The third-order valence-electron chi connectivity index (χ3n) is 5.06. The summed E-state index contributed by atoms with van der Waals surface area (Å²) in [5.74, 6) is -1.70. The Hall–Kier alpha value is -2.38. The van der Waals surface area contributed by atoms with Gasteiger partial charge in [-0.05, 0) is 39.8 Å². The van der Waals surface area contributed by atoms with Gasteiger partial charge in [-0.3, -0.25) is 10.1 Å². The molecule has 3 saturated heterocycles. The molecule has 4 rings (SSSR count). The number of hydrogen-bond donors (Lipinski definition) is 1. The first-order chi connectivity index (χ1) is 14.0. The number of rotatable bonds is 5. The molecule has 0 radical (unpaired) electrons. The van der Waals surface area contributed by atoms with E-state index in [4.69, 9.17) is 23.7 Å². The molecule has 164 valence electrons. The Kier molecular flexibility index (Phi) is 5.14. The lowest BCUT2D eigenvalue weighted by Gasteiger charge is -2.28. The van der Waals surface area contributed by atoms with E-state index in [1.165, 1.54) is 24.3 Å². The highest BCUT2D eigenvalue weighted by molar-refractivity contribution is 5.47. The van der Waals surface area contributed by atoms with E-state index < -0.39 is 47.1 Å². The van der Waals surface area contributed by atoms with Crippen LogP contribution in [0.2, 0.25) is 0 Å². The summed E-state index contributed by atoms with van der Waals surface area (Å²) in [6, 6.07) is 4.68. The Morgan fingerprint density at radius 3 is 2.33 bits per heavy atom. The average Bonchev–Trinajstić information content (AvgIpc) is 3.28. The molecule has 0 unspecified atom stereocenters. The highest BCUT2D eigenvalue weighted by atomic mass is 16.8. The Morgan fingerprint density at radius 2 is 1.73 bits per heavy atom. The van der Waals surface area contributed by atoms with Gasteiger partial charge >= 0.3 is 0 Å². The quantitative estimate of drug-likeness (QED) is 0.326. The van der Waals surface area contributed by atoms with Crippen molar-refractivity contribution in [2.45, 2.75) is 69.9 Å². The maximum atomic E-state index is 12.9. The van der Waals surface area contributed by atoms with Crippen molar-refractivity contribution in [3.63, 3.8) is 0 Å². The summed E-state index contributed by atoms with van der Waals surface area (Å²) in [4.78, 5) is 10.7. The van der Waals surface area contributed by atoms with Crippen LogP contribution in [0, 0.1) is 15.3 Å². The van der Waals surface area contributed by atoms with E-state index in [0.717, 1.165) is 0 Å². The van der Waals surface area contributed by atoms with Crippen molar-refractivity contribution >= 4 is 11.4 Å². The summed E-state index contributed by atoms with van der Waals surface area (Å²) in [7, 11) is 0. The van der Waals surface area contributed by atoms with Crippen molar-refractivity contribution in [3.05, 3.63) is 39.6 Å². The lowest BCUT2D eigenvalue weighted by Crippen LogP contribution is -2.47. The third-order valence-corrected chi connectivity index (χ3v) is 5.06. The van der Waals surface area contributed by atoms with Gasteiger partial charge in [-0.15, -0.1) is 5.43 Å². The van der Waals surface area contributed by atoms with Gasteiger partial charge in [-0.2, -0.15) is 4.86 Å². The molecule has 3 aliphatic rings. The first-order valence-corrected chi connectivity index (χ1v) is 9.55. The normalized spacial score (nSPS) is 34.7. The maximum Gasteiger partial charge on any atom is 0.269 e. The summed E-state index contributed by atoms with van der Waals surface area (Å²) in [6.07, 6.45) is -2.62. The molecular weight excluding hydrogens is 400 g/mol. The molecule has 1 N–H and O–H groups in total. The highest BCUT2D eigenvalue weighted by Gasteiger charge is 2.61. The van der Waals surface area contributed by atoms with Gasteiger partial charge < -0.3 is 28.9 Å². The summed E-state index contributed by atoms with van der Waals surface area (Å²) >= 11 is 0. The first-order valence-electron chi connectivity index (χ1n) is 9.55. The van der Waals surface area contributed by atoms with E-state index in [1.807, 2.05) is 0 Å². The van der Waals surface area contributed by atoms with E-state index in [1.54, 1.807) is 27.7 Å². The molecule has 0 aliphatic carbocycles. The van der Waals surface area contributed by atoms with Crippen LogP contribution in [0.3, 0.4) is 0 Å². The lowest BCUT2D eigenvalue weighted by atomic mass is 10.0. The zero-order chi connectivity index (χ0) is 21.7. The minimum atomic E-state index is -0.905. The minimum Gasteiger partial charge on any atom is -0.695 e. The van der Waals surface area contributed by atoms with Crippen molar-refractivity contribution in [1.82, 2.24) is 0 Å². The van der Waals surface area contributed by atoms with Gasteiger partial charge in [0, 0.05) is 12.1 Å². The zero-order valence-electron chi connectivity index (χ0n) is 17.0. The second-order valence-electron chi connectivity index (χ2n) is 8.25. The Morgan fingerprint density at radius 1 is 1.03 bits per heavy atom. The molecular formula is C18H24N4O8. The Bertz CT molecular complexity index is 843. The van der Waals surface area contributed by atoms with Crippen LogP contribution < -0.4 is 5.43 Å². The molecule has 0 spiro atoms. The number of hydrogen-bond acceptors (Lipinski definition) is 9. The zero-order valence-corrected chi connectivity index (χ0v) is 17.0. The molecule has 0 saturated carbocycles. The third kappa shape index (κ3) is 4.09. The van der Waals surface area contributed by atoms with Gasteiger partial charge in [-0.1, -0.05) is 0 Å². The summed E-state index contributed by atoms with van der Waals surface area (Å²) < 4.78 is 29.1. The van der Waals surface area contributed by atoms with Crippen LogP contribution in [0.1, 0.15) is 27.7 Å². The number of fused-ring (bicyclic) bond motifs is 1. The van der Waals surface area contributed by atoms with Gasteiger partial charge in [-0.25, -0.2) is 0 Å². The van der Waals surface area contributed by atoms with Gasteiger partial charge in [0.2, 0.25) is 0 Å². The predicted molar refractivity (Wildman–Crippen MR) is 100 cm³/mol. The van der Waals surface area contributed by atoms with Gasteiger partial charge in [0.1, 0.15) is 17.9 Å². The number of hydroxylamine groups is 1. The molecule has 5 atom stereocenters. The van der Waals surface area contributed by atoms with Gasteiger partial charge in [0.05, 0.1) is 16.8 Å². The largest absolute Gasteiger partial charge is 0.695 e. The minimum absolute atomic E-state index is 0.0636. The molecule has 0 aromatic heterocycles. The molecule has 3 aliphatic heterocycles. The predicted octanol–water partition coefficient (Wildman–Crippen LogP) is 2.28. The van der Waals surface area contributed by atoms with Crippen LogP contribution in [0.15, 0.2) is 29.5 Å². The number of nitrogens with zero attached hydrogens (tertiary/aromatic N) is 3.